The van der Waals surface area contributed by atoms with E-state index < -0.39 is 11.9 Å². The second kappa shape index (κ2) is 5.92. The van der Waals surface area contributed by atoms with Crippen LogP contribution < -0.4 is 10.6 Å². The summed E-state index contributed by atoms with van der Waals surface area (Å²) in [7, 11) is 1.79. The fourth-order valence-corrected chi connectivity index (χ4v) is 1.78. The summed E-state index contributed by atoms with van der Waals surface area (Å²) in [6.07, 6.45) is 1.77. The van der Waals surface area contributed by atoms with Crippen molar-refractivity contribution in [1.82, 2.24) is 9.78 Å². The minimum Gasteiger partial charge on any atom is -0.357 e. The first-order chi connectivity index (χ1) is 9.45. The molecule has 1 aromatic carbocycles. The molecular formula is C13H14ClFN4O. The molecule has 0 saturated carbocycles. The third kappa shape index (κ3) is 3.48. The molecule has 0 aliphatic carbocycles. The summed E-state index contributed by atoms with van der Waals surface area (Å²) in [6.45, 7) is 1.70. The van der Waals surface area contributed by atoms with Gasteiger partial charge in [-0.2, -0.15) is 5.10 Å². The summed E-state index contributed by atoms with van der Waals surface area (Å²) in [5.74, 6) is -0.185. The van der Waals surface area contributed by atoms with Gasteiger partial charge in [0.25, 0.3) is 0 Å². The predicted octanol–water partition coefficient (Wildman–Crippen LogP) is 2.65. The Hall–Kier alpha value is -2.08. The molecule has 5 nitrogen and oxygen atoms in total. The number of carbonyl (C=O) groups is 1. The minimum absolute atomic E-state index is 0.0341. The molecule has 1 unspecified atom stereocenters. The van der Waals surface area contributed by atoms with Crippen molar-refractivity contribution < 1.29 is 9.18 Å². The summed E-state index contributed by atoms with van der Waals surface area (Å²) in [4.78, 5) is 12.0. The molecule has 0 saturated heterocycles. The molecule has 0 bridgehead atoms. The highest BCUT2D eigenvalue weighted by molar-refractivity contribution is 6.31. The van der Waals surface area contributed by atoms with Gasteiger partial charge in [0.2, 0.25) is 5.91 Å². The van der Waals surface area contributed by atoms with Gasteiger partial charge in [-0.15, -0.1) is 0 Å². The first-order valence-corrected chi connectivity index (χ1v) is 6.35. The highest BCUT2D eigenvalue weighted by atomic mass is 35.5. The average molecular weight is 297 g/mol. The molecule has 0 fully saturated rings. The van der Waals surface area contributed by atoms with E-state index in [9.17, 15) is 9.18 Å². The second-order valence-electron chi connectivity index (χ2n) is 4.36. The van der Waals surface area contributed by atoms with Gasteiger partial charge in [-0.3, -0.25) is 9.48 Å². The number of rotatable bonds is 4. The normalized spacial score (nSPS) is 12.0. The van der Waals surface area contributed by atoms with Crippen LogP contribution in [0.3, 0.4) is 0 Å². The van der Waals surface area contributed by atoms with Crippen LogP contribution in [0.5, 0.6) is 0 Å². The average Bonchev–Trinajstić information content (AvgIpc) is 2.79. The molecule has 2 N–H and O–H groups in total. The van der Waals surface area contributed by atoms with Gasteiger partial charge in [-0.05, 0) is 25.1 Å². The molecule has 1 aromatic heterocycles. The van der Waals surface area contributed by atoms with Gasteiger partial charge in [0.15, 0.2) is 0 Å². The fraction of sp³-hybridized carbons (Fsp3) is 0.231. The van der Waals surface area contributed by atoms with Gasteiger partial charge >= 0.3 is 0 Å². The van der Waals surface area contributed by atoms with Crippen LogP contribution in [0.2, 0.25) is 5.02 Å². The van der Waals surface area contributed by atoms with E-state index in [1.807, 2.05) is 0 Å². The van der Waals surface area contributed by atoms with Gasteiger partial charge in [0.05, 0.1) is 5.02 Å². The van der Waals surface area contributed by atoms with E-state index in [2.05, 4.69) is 15.7 Å². The molecule has 1 heterocycles. The maximum Gasteiger partial charge on any atom is 0.246 e. The van der Waals surface area contributed by atoms with Crippen molar-refractivity contribution in [2.24, 2.45) is 7.05 Å². The minimum atomic E-state index is -0.524. The quantitative estimate of drug-likeness (QED) is 0.912. The number of hydrogen-bond acceptors (Lipinski definition) is 3. The van der Waals surface area contributed by atoms with Crippen LogP contribution >= 0.6 is 11.6 Å². The number of benzene rings is 1. The summed E-state index contributed by atoms with van der Waals surface area (Å²) < 4.78 is 14.6. The topological polar surface area (TPSA) is 59.0 Å². The maximum absolute atomic E-state index is 13.0. The number of aryl methyl sites for hydroxylation is 1. The third-order valence-corrected chi connectivity index (χ3v) is 2.95. The number of halogens is 2. The Balaban J connectivity index is 1.98. The Morgan fingerprint density at radius 2 is 2.20 bits per heavy atom. The van der Waals surface area contributed by atoms with Crippen molar-refractivity contribution in [1.29, 1.82) is 0 Å². The van der Waals surface area contributed by atoms with Gasteiger partial charge in [-0.1, -0.05) is 11.6 Å². The Bertz CT molecular complexity index is 629. The Labute approximate surface area is 120 Å². The molecule has 0 radical (unpaired) electrons. The maximum atomic E-state index is 13.0. The zero-order chi connectivity index (χ0) is 14.7. The molecular weight excluding hydrogens is 283 g/mol. The first-order valence-electron chi connectivity index (χ1n) is 5.98. The molecule has 106 valence electrons. The lowest BCUT2D eigenvalue weighted by Crippen LogP contribution is -2.32. The first kappa shape index (κ1) is 14.3. The second-order valence-corrected chi connectivity index (χ2v) is 4.77. The lowest BCUT2D eigenvalue weighted by atomic mass is 10.2. The molecule has 0 aliphatic heterocycles. The number of nitrogens with zero attached hydrogens (tertiary/aromatic N) is 2. The Morgan fingerprint density at radius 1 is 1.45 bits per heavy atom. The predicted molar refractivity (Wildman–Crippen MR) is 76.3 cm³/mol. The van der Waals surface area contributed by atoms with Gasteiger partial charge in [-0.25, -0.2) is 4.39 Å². The monoisotopic (exact) mass is 296 g/mol. The van der Waals surface area contributed by atoms with Gasteiger partial charge in [0.1, 0.15) is 17.7 Å². The number of carbonyl (C=O) groups excluding carboxylic acids is 1. The standard InChI is InChI=1S/C13H14ClFN4O/c1-8(16-12-5-6-19(2)18-12)13(20)17-9-3-4-11(15)10(14)7-9/h3-8H,1-2H3,(H,16,18)(H,17,20). The van der Waals surface area contributed by atoms with E-state index in [0.717, 1.165) is 0 Å². The number of nitrogens with one attached hydrogen (secondary N) is 2. The molecule has 1 amide bonds. The van der Waals surface area contributed by atoms with E-state index >= 15 is 0 Å². The fourth-order valence-electron chi connectivity index (χ4n) is 1.60. The van der Waals surface area contributed by atoms with Crippen LogP contribution in [0.4, 0.5) is 15.9 Å². The van der Waals surface area contributed by atoms with Crippen molar-refractivity contribution in [2.45, 2.75) is 13.0 Å². The van der Waals surface area contributed by atoms with Crippen LogP contribution in [0.1, 0.15) is 6.92 Å². The molecule has 1 atom stereocenters. The van der Waals surface area contributed by atoms with Crippen LogP contribution in [-0.2, 0) is 11.8 Å². The summed E-state index contributed by atoms with van der Waals surface area (Å²) >= 11 is 5.65. The van der Waals surface area contributed by atoms with Crippen LogP contribution in [0.25, 0.3) is 0 Å². The highest BCUT2D eigenvalue weighted by Crippen LogP contribution is 2.19. The molecule has 20 heavy (non-hydrogen) atoms. The largest absolute Gasteiger partial charge is 0.357 e. The highest BCUT2D eigenvalue weighted by Gasteiger charge is 2.14. The van der Waals surface area contributed by atoms with Crippen molar-refractivity contribution >= 4 is 29.0 Å². The SMILES string of the molecule is CC(Nc1ccn(C)n1)C(=O)Nc1ccc(F)c(Cl)c1. The van der Waals surface area contributed by atoms with Crippen molar-refractivity contribution in [3.63, 3.8) is 0 Å². The van der Waals surface area contributed by atoms with E-state index in [1.165, 1.54) is 18.2 Å². The Kier molecular flexibility index (Phi) is 4.24. The smallest absolute Gasteiger partial charge is 0.246 e. The molecule has 7 heteroatoms. The molecule has 2 rings (SSSR count). The third-order valence-electron chi connectivity index (χ3n) is 2.66. The van der Waals surface area contributed by atoms with E-state index in [4.69, 9.17) is 11.6 Å². The lowest BCUT2D eigenvalue weighted by Gasteiger charge is -2.13. The van der Waals surface area contributed by atoms with Crippen molar-refractivity contribution in [2.75, 3.05) is 10.6 Å². The lowest BCUT2D eigenvalue weighted by molar-refractivity contribution is -0.116. The van der Waals surface area contributed by atoms with Gasteiger partial charge in [0, 0.05) is 25.0 Å². The van der Waals surface area contributed by atoms with Crippen LogP contribution in [0.15, 0.2) is 30.5 Å². The number of hydrogen-bond donors (Lipinski definition) is 2. The molecule has 0 aliphatic rings. The van der Waals surface area contributed by atoms with E-state index in [-0.39, 0.29) is 10.9 Å². The number of aromatic nitrogens is 2. The van der Waals surface area contributed by atoms with Crippen LogP contribution in [-0.4, -0.2) is 21.7 Å². The van der Waals surface area contributed by atoms with Crippen molar-refractivity contribution in [3.8, 4) is 0 Å². The molecule has 0 spiro atoms. The number of anilines is 2. The van der Waals surface area contributed by atoms with Crippen molar-refractivity contribution in [3.05, 3.63) is 41.3 Å². The zero-order valence-corrected chi connectivity index (χ0v) is 11.8. The summed E-state index contributed by atoms with van der Waals surface area (Å²) in [5, 5.41) is 9.69. The summed E-state index contributed by atoms with van der Waals surface area (Å²) in [6, 6.07) is 5.29. The number of amides is 1. The zero-order valence-electron chi connectivity index (χ0n) is 11.0. The summed E-state index contributed by atoms with van der Waals surface area (Å²) in [5.41, 5.74) is 0.441. The van der Waals surface area contributed by atoms with Gasteiger partial charge < -0.3 is 10.6 Å². The molecule has 2 aromatic rings. The van der Waals surface area contributed by atoms with Crippen LogP contribution in [0, 0.1) is 5.82 Å². The van der Waals surface area contributed by atoms with E-state index in [0.29, 0.717) is 11.5 Å². The van der Waals surface area contributed by atoms with E-state index in [1.54, 1.807) is 30.9 Å². The Morgan fingerprint density at radius 3 is 2.80 bits per heavy atom.